The van der Waals surface area contributed by atoms with Crippen molar-refractivity contribution in [1.29, 1.82) is 0 Å². The van der Waals surface area contributed by atoms with Gasteiger partial charge < -0.3 is 10.1 Å². The summed E-state index contributed by atoms with van der Waals surface area (Å²) in [7, 11) is 0. The minimum atomic E-state index is -0.381. The Hall–Kier alpha value is -2.33. The molecule has 1 aliphatic heterocycles. The Balaban J connectivity index is 1.85. The number of carbonyl (C=O) groups is 1. The minimum Gasteiger partial charge on any atom is -0.409 e. The maximum absolute atomic E-state index is 12.2. The second-order valence-corrected chi connectivity index (χ2v) is 7.55. The molecule has 142 valence electrons. The van der Waals surface area contributed by atoms with Crippen molar-refractivity contribution in [1.82, 2.24) is 10.2 Å². The molecule has 0 radical (unpaired) electrons. The fraction of sp³-hybridized carbons (Fsp3) is 0.435. The summed E-state index contributed by atoms with van der Waals surface area (Å²) >= 11 is 0. The molecule has 1 amide bonds. The van der Waals surface area contributed by atoms with Crippen LogP contribution >= 0.6 is 0 Å². The number of hydrogen-bond donors (Lipinski definition) is 1. The van der Waals surface area contributed by atoms with Crippen LogP contribution in [0, 0.1) is 6.92 Å². The molecular weight excluding hydrogens is 336 g/mol. The summed E-state index contributed by atoms with van der Waals surface area (Å²) in [5.41, 5.74) is 7.50. The summed E-state index contributed by atoms with van der Waals surface area (Å²) in [5, 5.41) is 2.75. The van der Waals surface area contributed by atoms with E-state index in [4.69, 9.17) is 4.74 Å². The van der Waals surface area contributed by atoms with Crippen LogP contribution in [0.2, 0.25) is 0 Å². The third kappa shape index (κ3) is 3.12. The van der Waals surface area contributed by atoms with E-state index in [-0.39, 0.29) is 6.09 Å². The van der Waals surface area contributed by atoms with Gasteiger partial charge in [0.1, 0.15) is 5.75 Å². The van der Waals surface area contributed by atoms with Crippen molar-refractivity contribution in [3.8, 4) is 16.9 Å². The maximum atomic E-state index is 12.2. The molecule has 4 rings (SSSR count). The molecule has 0 bridgehead atoms. The van der Waals surface area contributed by atoms with Crippen molar-refractivity contribution >= 4 is 6.09 Å². The minimum absolute atomic E-state index is 0.381. The highest BCUT2D eigenvalue weighted by Crippen LogP contribution is 2.49. The van der Waals surface area contributed by atoms with E-state index in [9.17, 15) is 4.79 Å². The highest BCUT2D eigenvalue weighted by molar-refractivity contribution is 5.84. The van der Waals surface area contributed by atoms with Crippen LogP contribution in [0.3, 0.4) is 0 Å². The molecule has 0 spiro atoms. The van der Waals surface area contributed by atoms with Crippen LogP contribution in [0.5, 0.6) is 5.75 Å². The molecule has 2 aromatic rings. The monoisotopic (exact) mass is 364 g/mol. The summed E-state index contributed by atoms with van der Waals surface area (Å²) in [6.45, 7) is 8.97. The average Bonchev–Trinajstić information content (AvgIpc) is 2.66. The van der Waals surface area contributed by atoms with E-state index in [2.05, 4.69) is 47.5 Å². The molecular formula is C23H28N2O2. The highest BCUT2D eigenvalue weighted by Gasteiger charge is 2.35. The molecule has 4 nitrogen and oxygen atoms in total. The topological polar surface area (TPSA) is 41.6 Å². The summed E-state index contributed by atoms with van der Waals surface area (Å²) in [4.78, 5) is 14.8. The Morgan fingerprint density at radius 2 is 2.07 bits per heavy atom. The van der Waals surface area contributed by atoms with E-state index in [0.717, 1.165) is 37.1 Å². The lowest BCUT2D eigenvalue weighted by Gasteiger charge is -2.42. The van der Waals surface area contributed by atoms with Gasteiger partial charge in [-0.3, -0.25) is 4.90 Å². The predicted octanol–water partition coefficient (Wildman–Crippen LogP) is 4.64. The van der Waals surface area contributed by atoms with Crippen molar-refractivity contribution in [2.45, 2.75) is 46.1 Å². The molecule has 0 saturated heterocycles. The fourth-order valence-electron chi connectivity index (χ4n) is 4.64. The standard InChI is InChI=1S/C23H28N2O2/c1-4-12-25-13-11-16-7-6-8-18-20(16)19(25)14-17-10-9-15(3)22(21(17)18)27-23(26)24-5-2/h6-10,19H,4-5,11-14H2,1-3H3,(H,24,26). The fourth-order valence-corrected chi connectivity index (χ4v) is 4.64. The molecule has 2 aliphatic rings. The van der Waals surface area contributed by atoms with Gasteiger partial charge >= 0.3 is 6.09 Å². The average molecular weight is 364 g/mol. The number of nitrogens with zero attached hydrogens (tertiary/aromatic N) is 1. The van der Waals surface area contributed by atoms with Crippen LogP contribution in [0.1, 0.15) is 48.6 Å². The molecule has 1 atom stereocenters. The zero-order valence-electron chi connectivity index (χ0n) is 16.5. The summed E-state index contributed by atoms with van der Waals surface area (Å²) in [5.74, 6) is 0.706. The SMILES string of the molecule is CCCN1CCc2cccc3c2C1Cc1ccc(C)c(OC(=O)NCC)c1-3. The van der Waals surface area contributed by atoms with E-state index < -0.39 is 0 Å². The Labute approximate surface area is 161 Å². The molecule has 1 aliphatic carbocycles. The number of aryl methyl sites for hydroxylation is 1. The van der Waals surface area contributed by atoms with Crippen LogP contribution in [0.4, 0.5) is 4.79 Å². The summed E-state index contributed by atoms with van der Waals surface area (Å²) in [6, 6.07) is 11.3. The van der Waals surface area contributed by atoms with Gasteiger partial charge in [0.05, 0.1) is 0 Å². The number of nitrogens with one attached hydrogen (secondary N) is 1. The lowest BCUT2D eigenvalue weighted by molar-refractivity contribution is 0.182. The van der Waals surface area contributed by atoms with Crippen molar-refractivity contribution in [2.24, 2.45) is 0 Å². The zero-order valence-corrected chi connectivity index (χ0v) is 16.5. The van der Waals surface area contributed by atoms with Crippen LogP contribution in [0.15, 0.2) is 30.3 Å². The second-order valence-electron chi connectivity index (χ2n) is 7.55. The zero-order chi connectivity index (χ0) is 19.0. The van der Waals surface area contributed by atoms with Gasteiger partial charge in [0.15, 0.2) is 0 Å². The quantitative estimate of drug-likeness (QED) is 0.860. The van der Waals surface area contributed by atoms with Gasteiger partial charge in [-0.15, -0.1) is 0 Å². The molecule has 4 heteroatoms. The van der Waals surface area contributed by atoms with Gasteiger partial charge in [0.25, 0.3) is 0 Å². The number of amides is 1. The first-order chi connectivity index (χ1) is 13.1. The van der Waals surface area contributed by atoms with Crippen molar-refractivity contribution < 1.29 is 9.53 Å². The number of benzene rings is 2. The van der Waals surface area contributed by atoms with Gasteiger partial charge in [-0.2, -0.15) is 0 Å². The molecule has 2 aromatic carbocycles. The van der Waals surface area contributed by atoms with Crippen LogP contribution < -0.4 is 10.1 Å². The number of ether oxygens (including phenoxy) is 1. The predicted molar refractivity (Wildman–Crippen MR) is 108 cm³/mol. The molecule has 0 saturated carbocycles. The van der Waals surface area contributed by atoms with Crippen LogP contribution in [0.25, 0.3) is 11.1 Å². The molecule has 0 aromatic heterocycles. The van der Waals surface area contributed by atoms with E-state index in [1.165, 1.54) is 28.7 Å². The normalized spacial score (nSPS) is 17.8. The van der Waals surface area contributed by atoms with Crippen LogP contribution in [-0.4, -0.2) is 30.6 Å². The maximum Gasteiger partial charge on any atom is 0.412 e. The third-order valence-corrected chi connectivity index (χ3v) is 5.79. The van der Waals surface area contributed by atoms with Gasteiger partial charge in [-0.25, -0.2) is 4.79 Å². The first kappa shape index (κ1) is 18.1. The number of hydrogen-bond acceptors (Lipinski definition) is 3. The van der Waals surface area contributed by atoms with E-state index in [0.29, 0.717) is 18.3 Å². The Morgan fingerprint density at radius 1 is 1.22 bits per heavy atom. The lowest BCUT2D eigenvalue weighted by atomic mass is 9.76. The number of rotatable bonds is 4. The molecule has 1 heterocycles. The van der Waals surface area contributed by atoms with Gasteiger partial charge in [0.2, 0.25) is 0 Å². The molecule has 1 N–H and O–H groups in total. The van der Waals surface area contributed by atoms with Crippen molar-refractivity contribution in [3.63, 3.8) is 0 Å². The third-order valence-electron chi connectivity index (χ3n) is 5.79. The molecule has 0 fully saturated rings. The molecule has 27 heavy (non-hydrogen) atoms. The number of carbonyl (C=O) groups excluding carboxylic acids is 1. The lowest BCUT2D eigenvalue weighted by Crippen LogP contribution is -2.39. The van der Waals surface area contributed by atoms with E-state index in [1.807, 2.05) is 13.8 Å². The first-order valence-corrected chi connectivity index (χ1v) is 10.1. The van der Waals surface area contributed by atoms with Crippen molar-refractivity contribution in [3.05, 3.63) is 52.6 Å². The van der Waals surface area contributed by atoms with Gasteiger partial charge in [-0.05, 0) is 67.5 Å². The Bertz CT molecular complexity index is 875. The smallest absolute Gasteiger partial charge is 0.409 e. The largest absolute Gasteiger partial charge is 0.412 e. The highest BCUT2D eigenvalue weighted by atomic mass is 16.6. The van der Waals surface area contributed by atoms with Crippen molar-refractivity contribution in [2.75, 3.05) is 19.6 Å². The van der Waals surface area contributed by atoms with E-state index >= 15 is 0 Å². The van der Waals surface area contributed by atoms with E-state index in [1.54, 1.807) is 0 Å². The summed E-state index contributed by atoms with van der Waals surface area (Å²) < 4.78 is 5.78. The Morgan fingerprint density at radius 3 is 2.85 bits per heavy atom. The molecule has 1 unspecified atom stereocenters. The first-order valence-electron chi connectivity index (χ1n) is 10.1. The van der Waals surface area contributed by atoms with Gasteiger partial charge in [0, 0.05) is 24.7 Å². The summed E-state index contributed by atoms with van der Waals surface area (Å²) in [6.07, 6.45) is 2.85. The Kier molecular flexibility index (Phi) is 4.92. The van der Waals surface area contributed by atoms with Gasteiger partial charge in [-0.1, -0.05) is 37.3 Å². The van der Waals surface area contributed by atoms with Crippen LogP contribution in [-0.2, 0) is 12.8 Å². The second kappa shape index (κ2) is 7.35. The number of fused-ring (bicyclic) bond motifs is 2.